The van der Waals surface area contributed by atoms with Crippen molar-refractivity contribution in [2.75, 3.05) is 0 Å². The average Bonchev–Trinajstić information content (AvgIpc) is 2.56. The van der Waals surface area contributed by atoms with Crippen molar-refractivity contribution in [3.63, 3.8) is 0 Å². The zero-order chi connectivity index (χ0) is 16.7. The topological polar surface area (TPSA) is 66.4 Å². The maximum Gasteiger partial charge on any atom is 0.326 e. The van der Waals surface area contributed by atoms with Crippen molar-refractivity contribution < 1.29 is 14.7 Å². The van der Waals surface area contributed by atoms with Crippen molar-refractivity contribution in [3.05, 3.63) is 60.2 Å². The first-order valence-electron chi connectivity index (χ1n) is 7.71. The molecule has 1 unspecified atom stereocenters. The summed E-state index contributed by atoms with van der Waals surface area (Å²) in [5.74, 6) is -1.25. The van der Waals surface area contributed by atoms with E-state index in [-0.39, 0.29) is 12.3 Å². The summed E-state index contributed by atoms with van der Waals surface area (Å²) in [5.41, 5.74) is 1.07. The fraction of sp³-hybridized carbons (Fsp3) is 0.263. The zero-order valence-corrected chi connectivity index (χ0v) is 13.2. The van der Waals surface area contributed by atoms with Gasteiger partial charge in [-0.15, -0.1) is 0 Å². The molecule has 0 radical (unpaired) electrons. The summed E-state index contributed by atoms with van der Waals surface area (Å²) in [4.78, 5) is 23.1. The van der Waals surface area contributed by atoms with Gasteiger partial charge in [-0.3, -0.25) is 4.79 Å². The van der Waals surface area contributed by atoms with Crippen molar-refractivity contribution in [1.82, 2.24) is 5.32 Å². The van der Waals surface area contributed by atoms with Crippen molar-refractivity contribution >= 4 is 22.6 Å². The highest BCUT2D eigenvalue weighted by molar-refractivity contribution is 5.85. The monoisotopic (exact) mass is 311 g/mol. The lowest BCUT2D eigenvalue weighted by molar-refractivity contribution is -0.141. The molecule has 2 aromatic carbocycles. The van der Waals surface area contributed by atoms with Gasteiger partial charge in [0.2, 0.25) is 5.91 Å². The van der Waals surface area contributed by atoms with E-state index in [1.807, 2.05) is 43.3 Å². The van der Waals surface area contributed by atoms with Gasteiger partial charge in [0, 0.05) is 6.42 Å². The molecule has 23 heavy (non-hydrogen) atoms. The molecule has 0 aliphatic carbocycles. The lowest BCUT2D eigenvalue weighted by Crippen LogP contribution is -2.40. The Morgan fingerprint density at radius 2 is 1.91 bits per heavy atom. The van der Waals surface area contributed by atoms with Gasteiger partial charge in [-0.25, -0.2) is 4.79 Å². The van der Waals surface area contributed by atoms with Gasteiger partial charge in [0.15, 0.2) is 0 Å². The molecular formula is C19H21NO3. The summed E-state index contributed by atoms with van der Waals surface area (Å²) in [5, 5.41) is 14.0. The Bertz CT molecular complexity index is 721. The summed E-state index contributed by atoms with van der Waals surface area (Å²) in [6.45, 7) is 1.82. The first kappa shape index (κ1) is 16.7. The number of rotatable bonds is 7. The van der Waals surface area contributed by atoms with E-state index in [0.717, 1.165) is 16.3 Å². The molecule has 0 heterocycles. The predicted molar refractivity (Wildman–Crippen MR) is 91.3 cm³/mol. The fourth-order valence-corrected chi connectivity index (χ4v) is 2.41. The molecule has 1 atom stereocenters. The summed E-state index contributed by atoms with van der Waals surface area (Å²) in [6, 6.07) is 13.3. The van der Waals surface area contributed by atoms with Crippen LogP contribution < -0.4 is 5.32 Å². The van der Waals surface area contributed by atoms with Crippen LogP contribution in [-0.4, -0.2) is 23.0 Å². The van der Waals surface area contributed by atoms with E-state index >= 15 is 0 Å². The Kier molecular flexibility index (Phi) is 5.92. The Morgan fingerprint density at radius 1 is 1.17 bits per heavy atom. The van der Waals surface area contributed by atoms with E-state index in [9.17, 15) is 9.59 Å². The molecule has 1 amide bonds. The minimum Gasteiger partial charge on any atom is -0.480 e. The molecule has 120 valence electrons. The standard InChI is InChI=1S/C19H21NO3/c1-2-3-8-17(19(22)23)20-18(21)12-10-14-9-11-15-6-4-5-7-16(15)13-14/h2-7,9,11,13,17H,8,10,12H2,1H3,(H,20,21)(H,22,23)/b3-2+. The highest BCUT2D eigenvalue weighted by atomic mass is 16.4. The zero-order valence-electron chi connectivity index (χ0n) is 13.2. The van der Waals surface area contributed by atoms with Crippen LogP contribution in [0.25, 0.3) is 10.8 Å². The number of aryl methyl sites for hydroxylation is 1. The molecule has 0 bridgehead atoms. The lowest BCUT2D eigenvalue weighted by atomic mass is 10.0. The second kappa shape index (κ2) is 8.13. The van der Waals surface area contributed by atoms with E-state index in [4.69, 9.17) is 5.11 Å². The van der Waals surface area contributed by atoms with Gasteiger partial charge >= 0.3 is 5.97 Å². The molecule has 2 aromatic rings. The minimum absolute atomic E-state index is 0.241. The fourth-order valence-electron chi connectivity index (χ4n) is 2.41. The van der Waals surface area contributed by atoms with Gasteiger partial charge < -0.3 is 10.4 Å². The third kappa shape index (κ3) is 4.95. The maximum absolute atomic E-state index is 12.0. The summed E-state index contributed by atoms with van der Waals surface area (Å²) in [7, 11) is 0. The van der Waals surface area contributed by atoms with Crippen molar-refractivity contribution in [2.24, 2.45) is 0 Å². The van der Waals surface area contributed by atoms with Gasteiger partial charge in [-0.05, 0) is 36.1 Å². The summed E-state index contributed by atoms with van der Waals surface area (Å²) in [6.07, 6.45) is 4.68. The van der Waals surface area contributed by atoms with Gasteiger partial charge in [0.05, 0.1) is 0 Å². The highest BCUT2D eigenvalue weighted by Crippen LogP contribution is 2.16. The van der Waals surface area contributed by atoms with Crippen LogP contribution in [-0.2, 0) is 16.0 Å². The third-order valence-electron chi connectivity index (χ3n) is 3.70. The molecule has 0 saturated carbocycles. The Morgan fingerprint density at radius 3 is 2.61 bits per heavy atom. The third-order valence-corrected chi connectivity index (χ3v) is 3.70. The van der Waals surface area contributed by atoms with Gasteiger partial charge in [-0.1, -0.05) is 54.6 Å². The quantitative estimate of drug-likeness (QED) is 0.771. The number of carbonyl (C=O) groups is 2. The second-order valence-corrected chi connectivity index (χ2v) is 5.44. The van der Waals surface area contributed by atoms with Crippen LogP contribution in [0.4, 0.5) is 0 Å². The smallest absolute Gasteiger partial charge is 0.326 e. The lowest BCUT2D eigenvalue weighted by Gasteiger charge is -2.12. The largest absolute Gasteiger partial charge is 0.480 e. The van der Waals surface area contributed by atoms with E-state index in [0.29, 0.717) is 12.8 Å². The van der Waals surface area contributed by atoms with Crippen LogP contribution in [0, 0.1) is 0 Å². The van der Waals surface area contributed by atoms with Gasteiger partial charge in [0.25, 0.3) is 0 Å². The SMILES string of the molecule is C/C=C/CC(NC(=O)CCc1ccc2ccccc2c1)C(=O)O. The number of allylic oxidation sites excluding steroid dienone is 1. The molecule has 2 N–H and O–H groups in total. The number of hydrogen-bond donors (Lipinski definition) is 2. The minimum atomic E-state index is -1.01. The van der Waals surface area contributed by atoms with Crippen LogP contribution in [0.5, 0.6) is 0 Å². The summed E-state index contributed by atoms with van der Waals surface area (Å²) < 4.78 is 0. The molecule has 0 fully saturated rings. The van der Waals surface area contributed by atoms with E-state index in [1.54, 1.807) is 12.2 Å². The molecule has 0 spiro atoms. The van der Waals surface area contributed by atoms with E-state index < -0.39 is 12.0 Å². The molecular weight excluding hydrogens is 290 g/mol. The number of aliphatic carboxylic acids is 1. The van der Waals surface area contributed by atoms with Gasteiger partial charge in [-0.2, -0.15) is 0 Å². The van der Waals surface area contributed by atoms with E-state index in [1.165, 1.54) is 0 Å². The molecule has 4 heteroatoms. The molecule has 2 rings (SSSR count). The number of carbonyl (C=O) groups excluding carboxylic acids is 1. The Hall–Kier alpha value is -2.62. The number of carboxylic acids is 1. The average molecular weight is 311 g/mol. The van der Waals surface area contributed by atoms with Crippen LogP contribution in [0.1, 0.15) is 25.3 Å². The number of nitrogens with one attached hydrogen (secondary N) is 1. The van der Waals surface area contributed by atoms with Crippen molar-refractivity contribution in [1.29, 1.82) is 0 Å². The first-order valence-corrected chi connectivity index (χ1v) is 7.71. The van der Waals surface area contributed by atoms with Gasteiger partial charge in [0.1, 0.15) is 6.04 Å². The van der Waals surface area contributed by atoms with Crippen LogP contribution in [0.15, 0.2) is 54.6 Å². The highest BCUT2D eigenvalue weighted by Gasteiger charge is 2.18. The predicted octanol–water partition coefficient (Wildman–Crippen LogP) is 3.31. The number of amides is 1. The molecule has 0 aliphatic rings. The number of carboxylic acid groups (broad SMARTS) is 1. The number of hydrogen-bond acceptors (Lipinski definition) is 2. The van der Waals surface area contributed by atoms with Crippen LogP contribution >= 0.6 is 0 Å². The Labute approximate surface area is 135 Å². The van der Waals surface area contributed by atoms with Crippen molar-refractivity contribution in [3.8, 4) is 0 Å². The van der Waals surface area contributed by atoms with Crippen LogP contribution in [0.2, 0.25) is 0 Å². The van der Waals surface area contributed by atoms with E-state index in [2.05, 4.69) is 11.4 Å². The summed E-state index contributed by atoms with van der Waals surface area (Å²) >= 11 is 0. The molecule has 0 saturated heterocycles. The Balaban J connectivity index is 1.93. The number of fused-ring (bicyclic) bond motifs is 1. The molecule has 4 nitrogen and oxygen atoms in total. The number of benzene rings is 2. The van der Waals surface area contributed by atoms with Crippen LogP contribution in [0.3, 0.4) is 0 Å². The molecule has 0 aliphatic heterocycles. The maximum atomic E-state index is 12.0. The molecule has 0 aromatic heterocycles. The van der Waals surface area contributed by atoms with Crippen molar-refractivity contribution in [2.45, 2.75) is 32.2 Å². The normalized spacial score (nSPS) is 12.4. The second-order valence-electron chi connectivity index (χ2n) is 5.44. The first-order chi connectivity index (χ1) is 11.1.